The second-order valence-electron chi connectivity index (χ2n) is 13.6. The lowest BCUT2D eigenvalue weighted by atomic mass is 9.91. The minimum Gasteiger partial charge on any atom is -0.388 e. The summed E-state index contributed by atoms with van der Waals surface area (Å²) in [5.41, 5.74) is 9.38. The van der Waals surface area contributed by atoms with Gasteiger partial charge in [0.1, 0.15) is 12.2 Å². The van der Waals surface area contributed by atoms with Gasteiger partial charge in [-0.15, -0.1) is 0 Å². The van der Waals surface area contributed by atoms with E-state index >= 15 is 0 Å². The summed E-state index contributed by atoms with van der Waals surface area (Å²) in [6, 6.07) is 19.2. The van der Waals surface area contributed by atoms with Crippen molar-refractivity contribution in [1.29, 1.82) is 0 Å². The van der Waals surface area contributed by atoms with Gasteiger partial charge in [-0.25, -0.2) is 9.78 Å². The molecule has 3 amide bonds. The van der Waals surface area contributed by atoms with Crippen molar-refractivity contribution in [3.8, 4) is 0 Å². The Bertz CT molecular complexity index is 1750. The SMILES string of the molecule is CCC(=O)N[C@H]1C[C@@H](n2cnc3c(NCC(c4ccccc4)c4ccccc4)nc(N4CC[C@@H](NC(=O)N5CC[C@H](N)C5)C4)nc32)[C@H](O)[C@@H]1O. The van der Waals surface area contributed by atoms with Crippen molar-refractivity contribution in [3.63, 3.8) is 0 Å². The van der Waals surface area contributed by atoms with Gasteiger partial charge < -0.3 is 46.3 Å². The Labute approximate surface area is 291 Å². The molecule has 2 aromatic carbocycles. The molecule has 0 radical (unpaired) electrons. The number of benzene rings is 2. The Hall–Kier alpha value is -4.79. The van der Waals surface area contributed by atoms with Crippen molar-refractivity contribution in [2.75, 3.05) is 42.9 Å². The van der Waals surface area contributed by atoms with Crippen LogP contribution < -0.4 is 26.6 Å². The minimum atomic E-state index is -1.14. The number of amides is 3. The first-order chi connectivity index (χ1) is 24.3. The molecule has 4 heterocycles. The Morgan fingerprint density at radius 3 is 2.32 bits per heavy atom. The standard InChI is InChI=1S/C36H46N10O4/c1-2-29(47)41-27-17-28(32(49)31(27)48)46-21-39-30-33(38-18-26(22-9-5-3-6-10-22)23-11-7-4-8-12-23)42-35(43-34(30)46)44-16-14-25(20-44)40-36(50)45-15-13-24(37)19-45/h3-12,21,24-28,31-32,48-49H,2,13-20,37H2,1H3,(H,40,50)(H,41,47)(H,38,42,43)/t24-,25+,27-,28+,31+,32-/m0/s1. The van der Waals surface area contributed by atoms with E-state index in [-0.39, 0.29) is 36.4 Å². The molecule has 7 rings (SSSR count). The molecule has 264 valence electrons. The van der Waals surface area contributed by atoms with Gasteiger partial charge in [0.2, 0.25) is 11.9 Å². The number of likely N-dealkylation sites (tertiary alicyclic amines) is 1. The summed E-state index contributed by atoms with van der Waals surface area (Å²) in [4.78, 5) is 43.7. The number of nitrogens with zero attached hydrogens (tertiary/aromatic N) is 6. The lowest BCUT2D eigenvalue weighted by Crippen LogP contribution is -2.45. The summed E-state index contributed by atoms with van der Waals surface area (Å²) in [6.07, 6.45) is 1.45. The van der Waals surface area contributed by atoms with Gasteiger partial charge >= 0.3 is 6.03 Å². The summed E-state index contributed by atoms with van der Waals surface area (Å²) in [5, 5.41) is 31.7. The van der Waals surface area contributed by atoms with Crippen LogP contribution in [-0.2, 0) is 4.79 Å². The summed E-state index contributed by atoms with van der Waals surface area (Å²) < 4.78 is 1.79. The third-order valence-electron chi connectivity index (χ3n) is 10.3. The number of anilines is 2. The molecule has 14 heteroatoms. The fraction of sp³-hybridized carbons (Fsp3) is 0.472. The van der Waals surface area contributed by atoms with Gasteiger partial charge in [-0.1, -0.05) is 67.6 Å². The number of rotatable bonds is 10. The topological polar surface area (TPSA) is 187 Å². The fourth-order valence-electron chi connectivity index (χ4n) is 7.44. The number of fused-ring (bicyclic) bond motifs is 1. The maximum Gasteiger partial charge on any atom is 0.317 e. The van der Waals surface area contributed by atoms with E-state index in [9.17, 15) is 19.8 Å². The molecule has 6 atom stereocenters. The van der Waals surface area contributed by atoms with E-state index in [0.717, 1.165) is 24.0 Å². The first-order valence-corrected chi connectivity index (χ1v) is 17.6. The number of carbonyl (C=O) groups is 2. The molecule has 2 aliphatic heterocycles. The molecule has 0 unspecified atom stereocenters. The molecular formula is C36H46N10O4. The van der Waals surface area contributed by atoms with Crippen LogP contribution in [0.3, 0.4) is 0 Å². The van der Waals surface area contributed by atoms with Crippen molar-refractivity contribution in [2.45, 2.75) is 74.9 Å². The molecule has 3 aliphatic rings. The predicted octanol–water partition coefficient (Wildman–Crippen LogP) is 1.95. The molecule has 14 nitrogen and oxygen atoms in total. The maximum absolute atomic E-state index is 12.9. The Balaban J connectivity index is 1.19. The number of carbonyl (C=O) groups excluding carboxylic acids is 2. The van der Waals surface area contributed by atoms with E-state index in [2.05, 4.69) is 45.1 Å². The van der Waals surface area contributed by atoms with Gasteiger partial charge in [-0.3, -0.25) is 4.79 Å². The number of aliphatic hydroxyl groups is 2. The van der Waals surface area contributed by atoms with Crippen molar-refractivity contribution in [2.24, 2.45) is 5.73 Å². The second-order valence-corrected chi connectivity index (χ2v) is 13.6. The van der Waals surface area contributed by atoms with E-state index in [0.29, 0.717) is 62.1 Å². The zero-order valence-corrected chi connectivity index (χ0v) is 28.2. The normalized spacial score (nSPS) is 25.1. The average molecular weight is 683 g/mol. The van der Waals surface area contributed by atoms with Gasteiger partial charge in [0.25, 0.3) is 0 Å². The Kier molecular flexibility index (Phi) is 9.83. The zero-order valence-electron chi connectivity index (χ0n) is 28.2. The summed E-state index contributed by atoms with van der Waals surface area (Å²) in [7, 11) is 0. The van der Waals surface area contributed by atoms with Crippen molar-refractivity contribution < 1.29 is 19.8 Å². The lowest BCUT2D eigenvalue weighted by Gasteiger charge is -2.23. The van der Waals surface area contributed by atoms with Crippen LogP contribution in [0.4, 0.5) is 16.6 Å². The third kappa shape index (κ3) is 6.96. The third-order valence-corrected chi connectivity index (χ3v) is 10.3. The van der Waals surface area contributed by atoms with Crippen LogP contribution in [0, 0.1) is 0 Å². The van der Waals surface area contributed by atoms with Crippen LogP contribution in [0.5, 0.6) is 0 Å². The zero-order chi connectivity index (χ0) is 34.8. The van der Waals surface area contributed by atoms with Gasteiger partial charge in [0, 0.05) is 57.1 Å². The molecule has 3 fully saturated rings. The molecule has 4 aromatic rings. The summed E-state index contributed by atoms with van der Waals surface area (Å²) in [5.74, 6) is 0.848. The second kappa shape index (κ2) is 14.6. The molecule has 2 saturated heterocycles. The van der Waals surface area contributed by atoms with E-state index in [1.807, 2.05) is 36.4 Å². The fourth-order valence-corrected chi connectivity index (χ4v) is 7.44. The lowest BCUT2D eigenvalue weighted by molar-refractivity contribution is -0.122. The van der Waals surface area contributed by atoms with Crippen LogP contribution in [-0.4, -0.2) is 110 Å². The highest BCUT2D eigenvalue weighted by Gasteiger charge is 2.44. The first kappa shape index (κ1) is 33.7. The number of nitrogens with two attached hydrogens (primary N) is 1. The van der Waals surface area contributed by atoms with Gasteiger partial charge in [0.15, 0.2) is 17.0 Å². The molecule has 1 aliphatic carbocycles. The monoisotopic (exact) mass is 682 g/mol. The predicted molar refractivity (Wildman–Crippen MR) is 190 cm³/mol. The first-order valence-electron chi connectivity index (χ1n) is 17.6. The number of imidazole rings is 1. The number of hydrogen-bond acceptors (Lipinski definition) is 10. The molecular weight excluding hydrogens is 636 g/mol. The largest absolute Gasteiger partial charge is 0.388 e. The molecule has 0 spiro atoms. The summed E-state index contributed by atoms with van der Waals surface area (Å²) >= 11 is 0. The van der Waals surface area contributed by atoms with E-state index < -0.39 is 24.3 Å². The number of aliphatic hydroxyl groups excluding tert-OH is 2. The number of hydrogen-bond donors (Lipinski definition) is 6. The van der Waals surface area contributed by atoms with E-state index in [4.69, 9.17) is 20.7 Å². The van der Waals surface area contributed by atoms with Crippen molar-refractivity contribution in [1.82, 2.24) is 35.1 Å². The van der Waals surface area contributed by atoms with E-state index in [1.54, 1.807) is 22.7 Å². The van der Waals surface area contributed by atoms with Crippen LogP contribution in [0.2, 0.25) is 0 Å². The average Bonchev–Trinajstić information content (AvgIpc) is 3.94. The molecule has 0 bridgehead atoms. The molecule has 50 heavy (non-hydrogen) atoms. The smallest absolute Gasteiger partial charge is 0.317 e. The molecule has 7 N–H and O–H groups in total. The Morgan fingerprint density at radius 1 is 0.940 bits per heavy atom. The number of aromatic nitrogens is 4. The number of urea groups is 1. The molecule has 1 saturated carbocycles. The van der Waals surface area contributed by atoms with E-state index in [1.165, 1.54) is 0 Å². The quantitative estimate of drug-likeness (QED) is 0.144. The van der Waals surface area contributed by atoms with Gasteiger partial charge in [0.05, 0.1) is 18.4 Å². The van der Waals surface area contributed by atoms with Crippen LogP contribution in [0.1, 0.15) is 55.7 Å². The van der Waals surface area contributed by atoms with Gasteiger partial charge in [-0.2, -0.15) is 9.97 Å². The van der Waals surface area contributed by atoms with Crippen molar-refractivity contribution in [3.05, 3.63) is 78.1 Å². The number of nitrogens with one attached hydrogen (secondary N) is 3. The van der Waals surface area contributed by atoms with Gasteiger partial charge in [-0.05, 0) is 30.4 Å². The molecule has 2 aromatic heterocycles. The highest BCUT2D eigenvalue weighted by molar-refractivity contribution is 5.85. The minimum absolute atomic E-state index is 0.0118. The van der Waals surface area contributed by atoms with Crippen LogP contribution >= 0.6 is 0 Å². The Morgan fingerprint density at radius 2 is 1.66 bits per heavy atom. The highest BCUT2D eigenvalue weighted by atomic mass is 16.3. The maximum atomic E-state index is 12.9. The van der Waals surface area contributed by atoms with Crippen LogP contribution in [0.15, 0.2) is 67.0 Å². The van der Waals surface area contributed by atoms with Crippen LogP contribution in [0.25, 0.3) is 11.2 Å². The highest BCUT2D eigenvalue weighted by Crippen LogP contribution is 2.35. The van der Waals surface area contributed by atoms with Crippen molar-refractivity contribution >= 4 is 34.9 Å². The summed E-state index contributed by atoms with van der Waals surface area (Å²) in [6.45, 7) is 4.64.